The molecule has 3 rings (SSSR count). The quantitative estimate of drug-likeness (QED) is 0.800. The molecule has 0 saturated heterocycles. The number of nitrogens with zero attached hydrogens (tertiary/aromatic N) is 3. The Hall–Kier alpha value is -2.85. The summed E-state index contributed by atoms with van der Waals surface area (Å²) in [6.07, 6.45) is 0. The Morgan fingerprint density at radius 2 is 2.00 bits per heavy atom. The zero-order valence-corrected chi connectivity index (χ0v) is 17.3. The number of thioether (sulfide) groups is 1. The first kappa shape index (κ1) is 19.9. The highest BCUT2D eigenvalue weighted by molar-refractivity contribution is 8.00. The third kappa shape index (κ3) is 3.36. The smallest absolute Gasteiger partial charge is 0.250 e. The zero-order chi connectivity index (χ0) is 20.6. The van der Waals surface area contributed by atoms with Crippen LogP contribution in [0.25, 0.3) is 0 Å². The number of fused-ring (bicyclic) bond motifs is 1. The Balaban J connectivity index is 1.98. The molecule has 0 spiro atoms. The van der Waals surface area contributed by atoms with Crippen LogP contribution < -0.4 is 10.2 Å². The zero-order valence-electron chi connectivity index (χ0n) is 16.5. The highest BCUT2D eigenvalue weighted by Crippen LogP contribution is 2.39. The van der Waals surface area contributed by atoms with E-state index in [0.29, 0.717) is 22.0 Å². The summed E-state index contributed by atoms with van der Waals surface area (Å²) in [5, 5.41) is 12.4. The number of hydrogen-bond donors (Lipinski definition) is 1. The number of amides is 2. The number of anilines is 2. The van der Waals surface area contributed by atoms with Gasteiger partial charge in [0.05, 0.1) is 22.2 Å². The van der Waals surface area contributed by atoms with Gasteiger partial charge in [0, 0.05) is 5.69 Å². The van der Waals surface area contributed by atoms with E-state index in [1.165, 1.54) is 11.8 Å². The van der Waals surface area contributed by atoms with Gasteiger partial charge in [-0.05, 0) is 58.4 Å². The molecule has 0 aliphatic carbocycles. The van der Waals surface area contributed by atoms with Gasteiger partial charge in [-0.25, -0.2) is 4.98 Å². The van der Waals surface area contributed by atoms with Crippen molar-refractivity contribution in [3.63, 3.8) is 0 Å². The maximum atomic E-state index is 13.4. The van der Waals surface area contributed by atoms with Gasteiger partial charge in [-0.15, -0.1) is 0 Å². The van der Waals surface area contributed by atoms with E-state index in [9.17, 15) is 14.9 Å². The Labute approximate surface area is 169 Å². The SMILES string of the molecule is Cc1cc(C)c(C#N)c(S[C@@H](C)C(=O)N2c3ccccc3NC(=O)C2(C)C)n1. The molecule has 7 heteroatoms. The molecule has 1 aromatic carbocycles. The summed E-state index contributed by atoms with van der Waals surface area (Å²) in [6.45, 7) is 8.95. The average molecular weight is 395 g/mol. The number of benzene rings is 1. The first-order valence-electron chi connectivity index (χ1n) is 8.96. The van der Waals surface area contributed by atoms with Crippen LogP contribution in [-0.2, 0) is 9.59 Å². The van der Waals surface area contributed by atoms with Gasteiger partial charge in [0.15, 0.2) is 0 Å². The number of carbonyl (C=O) groups is 2. The molecule has 144 valence electrons. The molecule has 28 heavy (non-hydrogen) atoms. The first-order valence-corrected chi connectivity index (χ1v) is 9.84. The third-order valence-electron chi connectivity index (χ3n) is 4.79. The van der Waals surface area contributed by atoms with Crippen LogP contribution in [0.1, 0.15) is 37.6 Å². The van der Waals surface area contributed by atoms with Crippen LogP contribution in [0.3, 0.4) is 0 Å². The Morgan fingerprint density at radius 3 is 2.68 bits per heavy atom. The predicted octanol–water partition coefficient (Wildman–Crippen LogP) is 3.81. The minimum absolute atomic E-state index is 0.206. The van der Waals surface area contributed by atoms with Gasteiger partial charge in [0.2, 0.25) is 11.8 Å². The number of pyridine rings is 1. The Kier molecular flexibility index (Phi) is 5.18. The van der Waals surface area contributed by atoms with E-state index >= 15 is 0 Å². The second kappa shape index (κ2) is 7.28. The van der Waals surface area contributed by atoms with E-state index in [-0.39, 0.29) is 11.8 Å². The van der Waals surface area contributed by atoms with E-state index in [0.717, 1.165) is 11.3 Å². The lowest BCUT2D eigenvalue weighted by molar-refractivity contribution is -0.126. The van der Waals surface area contributed by atoms with Crippen LogP contribution in [-0.4, -0.2) is 27.6 Å². The summed E-state index contributed by atoms with van der Waals surface area (Å²) in [5.41, 5.74) is 2.35. The number of carbonyl (C=O) groups excluding carboxylic acids is 2. The van der Waals surface area contributed by atoms with Gasteiger partial charge < -0.3 is 5.32 Å². The number of rotatable bonds is 3. The molecule has 0 saturated carbocycles. The van der Waals surface area contributed by atoms with Crippen molar-refractivity contribution >= 4 is 35.0 Å². The average Bonchev–Trinajstić information content (AvgIpc) is 2.62. The molecule has 1 N–H and O–H groups in total. The summed E-state index contributed by atoms with van der Waals surface area (Å²) in [5.74, 6) is -0.443. The first-order chi connectivity index (χ1) is 13.2. The number of para-hydroxylation sites is 2. The van der Waals surface area contributed by atoms with Crippen molar-refractivity contribution in [3.05, 3.63) is 47.2 Å². The lowest BCUT2D eigenvalue weighted by Gasteiger charge is -2.43. The van der Waals surface area contributed by atoms with Gasteiger partial charge in [0.25, 0.3) is 0 Å². The molecule has 0 fully saturated rings. The van der Waals surface area contributed by atoms with E-state index in [1.807, 2.05) is 38.1 Å². The van der Waals surface area contributed by atoms with Crippen LogP contribution in [0.2, 0.25) is 0 Å². The van der Waals surface area contributed by atoms with Crippen molar-refractivity contribution in [2.24, 2.45) is 0 Å². The molecule has 0 bridgehead atoms. The molecule has 2 heterocycles. The summed E-state index contributed by atoms with van der Waals surface area (Å²) < 4.78 is 0. The van der Waals surface area contributed by atoms with Crippen molar-refractivity contribution in [1.29, 1.82) is 5.26 Å². The molecule has 1 aliphatic heterocycles. The number of aryl methyl sites for hydroxylation is 2. The molecule has 2 aromatic rings. The van der Waals surface area contributed by atoms with Gasteiger partial charge in [-0.2, -0.15) is 5.26 Å². The standard InChI is InChI=1S/C21H22N4O2S/c1-12-10-13(2)23-18(15(12)11-22)28-14(3)19(26)25-17-9-7-6-8-16(17)24-20(27)21(25,4)5/h6-10,14H,1-5H3,(H,24,27)/t14-/m0/s1. The van der Waals surface area contributed by atoms with Crippen LogP contribution in [0.5, 0.6) is 0 Å². The minimum atomic E-state index is -1.03. The lowest BCUT2D eigenvalue weighted by Crippen LogP contribution is -2.60. The van der Waals surface area contributed by atoms with Crippen molar-refractivity contribution in [1.82, 2.24) is 4.98 Å². The second-order valence-corrected chi connectivity index (χ2v) is 8.67. The minimum Gasteiger partial charge on any atom is -0.322 e. The van der Waals surface area contributed by atoms with E-state index in [2.05, 4.69) is 16.4 Å². The normalized spacial score (nSPS) is 16.0. The van der Waals surface area contributed by atoms with Crippen LogP contribution in [0.15, 0.2) is 35.4 Å². The summed E-state index contributed by atoms with van der Waals surface area (Å²) in [7, 11) is 0. The van der Waals surface area contributed by atoms with E-state index < -0.39 is 10.8 Å². The highest BCUT2D eigenvalue weighted by atomic mass is 32.2. The molecular weight excluding hydrogens is 372 g/mol. The number of aromatic nitrogens is 1. The molecule has 1 atom stereocenters. The third-order valence-corrected chi connectivity index (χ3v) is 5.86. The molecule has 0 radical (unpaired) electrons. The van der Waals surface area contributed by atoms with Gasteiger partial charge in [-0.1, -0.05) is 23.9 Å². The van der Waals surface area contributed by atoms with E-state index in [1.54, 1.807) is 31.7 Å². The fourth-order valence-electron chi connectivity index (χ4n) is 3.27. The number of hydrogen-bond acceptors (Lipinski definition) is 5. The topological polar surface area (TPSA) is 86.1 Å². The monoisotopic (exact) mass is 394 g/mol. The Bertz CT molecular complexity index is 1010. The largest absolute Gasteiger partial charge is 0.322 e. The van der Waals surface area contributed by atoms with Gasteiger partial charge in [-0.3, -0.25) is 14.5 Å². The maximum Gasteiger partial charge on any atom is 0.250 e. The predicted molar refractivity (Wildman–Crippen MR) is 110 cm³/mol. The van der Waals surface area contributed by atoms with Gasteiger partial charge >= 0.3 is 0 Å². The molecule has 0 unspecified atom stereocenters. The lowest BCUT2D eigenvalue weighted by atomic mass is 9.96. The van der Waals surface area contributed by atoms with Crippen molar-refractivity contribution in [3.8, 4) is 6.07 Å². The Morgan fingerprint density at radius 1 is 1.32 bits per heavy atom. The second-order valence-electron chi connectivity index (χ2n) is 7.34. The van der Waals surface area contributed by atoms with Gasteiger partial charge in [0.1, 0.15) is 16.6 Å². The van der Waals surface area contributed by atoms with Crippen molar-refractivity contribution < 1.29 is 9.59 Å². The van der Waals surface area contributed by atoms with Crippen LogP contribution >= 0.6 is 11.8 Å². The van der Waals surface area contributed by atoms with Crippen molar-refractivity contribution in [2.45, 2.75) is 50.4 Å². The molecule has 1 aromatic heterocycles. The summed E-state index contributed by atoms with van der Waals surface area (Å²) in [6, 6.07) is 11.3. The molecule has 6 nitrogen and oxygen atoms in total. The molecule has 1 aliphatic rings. The van der Waals surface area contributed by atoms with Crippen LogP contribution in [0, 0.1) is 25.2 Å². The summed E-state index contributed by atoms with van der Waals surface area (Å²) >= 11 is 1.24. The number of nitrogens with one attached hydrogen (secondary N) is 1. The fraction of sp³-hybridized carbons (Fsp3) is 0.333. The molecular formula is C21H22N4O2S. The summed E-state index contributed by atoms with van der Waals surface area (Å²) in [4.78, 5) is 32.0. The maximum absolute atomic E-state index is 13.4. The number of nitriles is 1. The van der Waals surface area contributed by atoms with Crippen molar-refractivity contribution in [2.75, 3.05) is 10.2 Å². The highest BCUT2D eigenvalue weighted by Gasteiger charge is 2.44. The molecule has 2 amide bonds. The fourth-order valence-corrected chi connectivity index (χ4v) is 4.33. The van der Waals surface area contributed by atoms with Crippen LogP contribution in [0.4, 0.5) is 11.4 Å². The van der Waals surface area contributed by atoms with E-state index in [4.69, 9.17) is 0 Å².